The van der Waals surface area contributed by atoms with Gasteiger partial charge in [0.05, 0.1) is 18.7 Å². The second-order valence-corrected chi connectivity index (χ2v) is 5.41. The van der Waals surface area contributed by atoms with Gasteiger partial charge in [-0.25, -0.2) is 0 Å². The molecular formula is C15H20N2O2. The average molecular weight is 260 g/mol. The predicted molar refractivity (Wildman–Crippen MR) is 72.6 cm³/mol. The van der Waals surface area contributed by atoms with Gasteiger partial charge in [0.15, 0.2) is 0 Å². The molecular weight excluding hydrogens is 240 g/mol. The van der Waals surface area contributed by atoms with Crippen molar-refractivity contribution in [2.45, 2.75) is 38.5 Å². The number of hydrogen-bond donors (Lipinski definition) is 1. The summed E-state index contributed by atoms with van der Waals surface area (Å²) in [6, 6.07) is 8.33. The first-order chi connectivity index (χ1) is 9.18. The predicted octanol–water partition coefficient (Wildman–Crippen LogP) is 1.60. The molecule has 1 N–H and O–H groups in total. The average Bonchev–Trinajstić information content (AvgIpc) is 3.00. The number of carbonyl (C=O) groups is 1. The number of benzene rings is 1. The first-order valence-corrected chi connectivity index (χ1v) is 6.90. The molecule has 4 heteroatoms. The first kappa shape index (κ1) is 12.6. The molecule has 0 spiro atoms. The lowest BCUT2D eigenvalue weighted by molar-refractivity contribution is -0.132. The Labute approximate surface area is 113 Å². The molecule has 3 rings (SSSR count). The van der Waals surface area contributed by atoms with Crippen molar-refractivity contribution in [2.75, 3.05) is 13.2 Å². The second kappa shape index (κ2) is 4.94. The van der Waals surface area contributed by atoms with E-state index < -0.39 is 0 Å². The van der Waals surface area contributed by atoms with Crippen LogP contribution in [-0.4, -0.2) is 36.1 Å². The maximum absolute atomic E-state index is 12.4. The van der Waals surface area contributed by atoms with E-state index in [2.05, 4.69) is 24.4 Å². The van der Waals surface area contributed by atoms with Crippen molar-refractivity contribution in [3.8, 4) is 0 Å². The highest BCUT2D eigenvalue weighted by Gasteiger charge is 2.42. The highest BCUT2D eigenvalue weighted by molar-refractivity contribution is 5.84. The minimum absolute atomic E-state index is 0.0181. The largest absolute Gasteiger partial charge is 0.379 e. The molecule has 0 aliphatic carbocycles. The van der Waals surface area contributed by atoms with Gasteiger partial charge in [0.2, 0.25) is 5.91 Å². The van der Waals surface area contributed by atoms with Gasteiger partial charge in [0.1, 0.15) is 6.17 Å². The van der Waals surface area contributed by atoms with Crippen LogP contribution in [0.1, 0.15) is 30.6 Å². The maximum atomic E-state index is 12.4. The van der Waals surface area contributed by atoms with Crippen LogP contribution >= 0.6 is 0 Å². The molecule has 1 aromatic rings. The van der Waals surface area contributed by atoms with E-state index in [4.69, 9.17) is 4.74 Å². The number of carbonyl (C=O) groups excluding carboxylic acids is 1. The molecule has 4 nitrogen and oxygen atoms in total. The molecule has 2 heterocycles. The molecule has 1 amide bonds. The van der Waals surface area contributed by atoms with Gasteiger partial charge in [-0.15, -0.1) is 0 Å². The summed E-state index contributed by atoms with van der Waals surface area (Å²) in [7, 11) is 0. The third kappa shape index (κ3) is 2.15. The van der Waals surface area contributed by atoms with E-state index in [9.17, 15) is 4.79 Å². The SMILES string of the molecule is Cc1ccccc1C1NC(C)C(=O)N1C1CCOC1. The van der Waals surface area contributed by atoms with Gasteiger partial charge in [0.25, 0.3) is 0 Å². The van der Waals surface area contributed by atoms with Gasteiger partial charge in [-0.2, -0.15) is 0 Å². The fourth-order valence-electron chi connectivity index (χ4n) is 3.00. The lowest BCUT2D eigenvalue weighted by Crippen LogP contribution is -2.40. The third-order valence-electron chi connectivity index (χ3n) is 4.09. The van der Waals surface area contributed by atoms with Crippen LogP contribution in [0.4, 0.5) is 0 Å². The Morgan fingerprint density at radius 2 is 2.16 bits per heavy atom. The zero-order chi connectivity index (χ0) is 13.4. The van der Waals surface area contributed by atoms with Crippen molar-refractivity contribution in [1.82, 2.24) is 10.2 Å². The molecule has 0 saturated carbocycles. The Kier molecular flexibility index (Phi) is 3.29. The molecule has 1 aromatic carbocycles. The molecule has 3 atom stereocenters. The van der Waals surface area contributed by atoms with Gasteiger partial charge in [0, 0.05) is 6.61 Å². The molecule has 0 radical (unpaired) electrons. The van der Waals surface area contributed by atoms with Crippen molar-refractivity contribution in [1.29, 1.82) is 0 Å². The zero-order valence-corrected chi connectivity index (χ0v) is 11.4. The molecule has 19 heavy (non-hydrogen) atoms. The Morgan fingerprint density at radius 1 is 1.37 bits per heavy atom. The number of hydrogen-bond acceptors (Lipinski definition) is 3. The summed E-state index contributed by atoms with van der Waals surface area (Å²) in [5, 5.41) is 3.41. The summed E-state index contributed by atoms with van der Waals surface area (Å²) in [4.78, 5) is 14.4. The molecule has 2 fully saturated rings. The molecule has 3 unspecified atom stereocenters. The Hall–Kier alpha value is -1.39. The number of aryl methyl sites for hydroxylation is 1. The number of nitrogens with zero attached hydrogens (tertiary/aromatic N) is 1. The van der Waals surface area contributed by atoms with E-state index in [1.165, 1.54) is 11.1 Å². The summed E-state index contributed by atoms with van der Waals surface area (Å²) in [5.74, 6) is 0.184. The Bertz CT molecular complexity index is 483. The number of ether oxygens (including phenoxy) is 1. The van der Waals surface area contributed by atoms with E-state index in [0.717, 1.165) is 13.0 Å². The topological polar surface area (TPSA) is 41.6 Å². The maximum Gasteiger partial charge on any atom is 0.241 e. The van der Waals surface area contributed by atoms with Crippen molar-refractivity contribution >= 4 is 5.91 Å². The van der Waals surface area contributed by atoms with Gasteiger partial charge in [-0.05, 0) is 31.4 Å². The lowest BCUT2D eigenvalue weighted by Gasteiger charge is -2.30. The van der Waals surface area contributed by atoms with Crippen LogP contribution in [0.5, 0.6) is 0 Å². The summed E-state index contributed by atoms with van der Waals surface area (Å²) < 4.78 is 5.45. The standard InChI is InChI=1S/C15H20N2O2/c1-10-5-3-4-6-13(10)14-16-11(2)15(18)17(14)12-7-8-19-9-12/h3-6,11-12,14,16H,7-9H2,1-2H3. The second-order valence-electron chi connectivity index (χ2n) is 5.41. The van der Waals surface area contributed by atoms with Crippen molar-refractivity contribution in [3.05, 3.63) is 35.4 Å². The number of amides is 1. The van der Waals surface area contributed by atoms with Crippen LogP contribution in [-0.2, 0) is 9.53 Å². The smallest absolute Gasteiger partial charge is 0.241 e. The highest BCUT2D eigenvalue weighted by Crippen LogP contribution is 2.31. The highest BCUT2D eigenvalue weighted by atomic mass is 16.5. The van der Waals surface area contributed by atoms with Crippen LogP contribution in [0.3, 0.4) is 0 Å². The molecule has 2 aliphatic heterocycles. The summed E-state index contributed by atoms with van der Waals surface area (Å²) >= 11 is 0. The summed E-state index contributed by atoms with van der Waals surface area (Å²) in [5.41, 5.74) is 2.40. The Morgan fingerprint density at radius 3 is 2.84 bits per heavy atom. The van der Waals surface area contributed by atoms with E-state index in [-0.39, 0.29) is 24.2 Å². The van der Waals surface area contributed by atoms with Crippen LogP contribution in [0.25, 0.3) is 0 Å². The van der Waals surface area contributed by atoms with Crippen molar-refractivity contribution in [2.24, 2.45) is 0 Å². The van der Waals surface area contributed by atoms with E-state index in [1.54, 1.807) is 0 Å². The molecule has 0 bridgehead atoms. The fourth-order valence-corrected chi connectivity index (χ4v) is 3.00. The Balaban J connectivity index is 1.94. The van der Waals surface area contributed by atoms with E-state index in [0.29, 0.717) is 6.61 Å². The molecule has 102 valence electrons. The van der Waals surface area contributed by atoms with Gasteiger partial charge < -0.3 is 9.64 Å². The normalized spacial score (nSPS) is 31.2. The fraction of sp³-hybridized carbons (Fsp3) is 0.533. The van der Waals surface area contributed by atoms with Gasteiger partial charge in [-0.1, -0.05) is 24.3 Å². The van der Waals surface area contributed by atoms with E-state index in [1.807, 2.05) is 24.0 Å². The minimum Gasteiger partial charge on any atom is -0.379 e. The molecule has 0 aromatic heterocycles. The minimum atomic E-state index is -0.120. The number of rotatable bonds is 2. The monoisotopic (exact) mass is 260 g/mol. The number of nitrogens with one attached hydrogen (secondary N) is 1. The van der Waals surface area contributed by atoms with Crippen molar-refractivity contribution in [3.63, 3.8) is 0 Å². The first-order valence-electron chi connectivity index (χ1n) is 6.90. The lowest BCUT2D eigenvalue weighted by atomic mass is 10.0. The molecule has 2 aliphatic rings. The van der Waals surface area contributed by atoms with Gasteiger partial charge >= 0.3 is 0 Å². The quantitative estimate of drug-likeness (QED) is 0.878. The van der Waals surface area contributed by atoms with E-state index >= 15 is 0 Å². The van der Waals surface area contributed by atoms with Gasteiger partial charge in [-0.3, -0.25) is 10.1 Å². The van der Waals surface area contributed by atoms with Crippen LogP contribution < -0.4 is 5.32 Å². The van der Waals surface area contributed by atoms with Crippen LogP contribution in [0.15, 0.2) is 24.3 Å². The molecule has 2 saturated heterocycles. The summed E-state index contributed by atoms with van der Waals surface area (Å²) in [6.45, 7) is 5.43. The van der Waals surface area contributed by atoms with Crippen molar-refractivity contribution < 1.29 is 9.53 Å². The summed E-state index contributed by atoms with van der Waals surface area (Å²) in [6.07, 6.45) is 0.915. The van der Waals surface area contributed by atoms with Crippen LogP contribution in [0, 0.1) is 6.92 Å². The van der Waals surface area contributed by atoms with Crippen LogP contribution in [0.2, 0.25) is 0 Å². The third-order valence-corrected chi connectivity index (χ3v) is 4.09. The zero-order valence-electron chi connectivity index (χ0n) is 11.4.